The van der Waals surface area contributed by atoms with Crippen molar-refractivity contribution in [3.63, 3.8) is 0 Å². The van der Waals surface area contributed by atoms with E-state index in [1.807, 2.05) is 6.07 Å². The summed E-state index contributed by atoms with van der Waals surface area (Å²) in [7, 11) is 0. The lowest BCUT2D eigenvalue weighted by Crippen LogP contribution is -2.33. The van der Waals surface area contributed by atoms with Crippen LogP contribution in [0.1, 0.15) is 38.0 Å². The zero-order chi connectivity index (χ0) is 12.3. The normalized spacial score (nSPS) is 28.8. The quantitative estimate of drug-likeness (QED) is 0.839. The first-order valence-electron chi connectivity index (χ1n) is 6.68. The standard InChI is InChI=1S/C14H22ClNS/c1-3-8-16-13-6-4-11(10(13)2)9-12-5-7-14(15)17-12/h5,7,10-11,13,16H,3-4,6,8-9H2,1-2H3. The van der Waals surface area contributed by atoms with Gasteiger partial charge < -0.3 is 5.32 Å². The molecule has 0 amide bonds. The Morgan fingerprint density at radius 1 is 1.41 bits per heavy atom. The van der Waals surface area contributed by atoms with Crippen LogP contribution in [0.3, 0.4) is 0 Å². The molecule has 2 rings (SSSR count). The zero-order valence-corrected chi connectivity index (χ0v) is 12.3. The van der Waals surface area contributed by atoms with E-state index in [4.69, 9.17) is 11.6 Å². The van der Waals surface area contributed by atoms with Crippen LogP contribution in [0.15, 0.2) is 12.1 Å². The molecule has 1 aliphatic rings. The fourth-order valence-electron chi connectivity index (χ4n) is 2.87. The van der Waals surface area contributed by atoms with E-state index < -0.39 is 0 Å². The topological polar surface area (TPSA) is 12.0 Å². The lowest BCUT2D eigenvalue weighted by molar-refractivity contribution is 0.352. The van der Waals surface area contributed by atoms with Gasteiger partial charge in [-0.2, -0.15) is 0 Å². The molecule has 0 bridgehead atoms. The van der Waals surface area contributed by atoms with Crippen molar-refractivity contribution in [3.05, 3.63) is 21.3 Å². The Balaban J connectivity index is 1.86. The highest BCUT2D eigenvalue weighted by Gasteiger charge is 2.32. The average Bonchev–Trinajstić information content (AvgIpc) is 2.86. The summed E-state index contributed by atoms with van der Waals surface area (Å²) in [6, 6.07) is 4.94. The summed E-state index contributed by atoms with van der Waals surface area (Å²) in [6.45, 7) is 5.80. The molecule has 0 saturated heterocycles. The molecule has 1 nitrogen and oxygen atoms in total. The third-order valence-electron chi connectivity index (χ3n) is 3.98. The molecule has 3 heteroatoms. The van der Waals surface area contributed by atoms with Gasteiger partial charge in [-0.25, -0.2) is 0 Å². The molecule has 1 N–H and O–H groups in total. The van der Waals surface area contributed by atoms with Crippen LogP contribution < -0.4 is 5.32 Å². The lowest BCUT2D eigenvalue weighted by Gasteiger charge is -2.21. The molecule has 1 aromatic heterocycles. The minimum atomic E-state index is 0.732. The van der Waals surface area contributed by atoms with E-state index >= 15 is 0 Å². The molecule has 0 aromatic carbocycles. The minimum absolute atomic E-state index is 0.732. The average molecular weight is 272 g/mol. The maximum absolute atomic E-state index is 5.99. The molecule has 3 unspecified atom stereocenters. The Morgan fingerprint density at radius 2 is 2.24 bits per heavy atom. The molecule has 0 spiro atoms. The van der Waals surface area contributed by atoms with Crippen LogP contribution in [0.5, 0.6) is 0 Å². The van der Waals surface area contributed by atoms with Gasteiger partial charge in [0.05, 0.1) is 4.34 Å². The van der Waals surface area contributed by atoms with Crippen LogP contribution in [0, 0.1) is 11.8 Å². The number of halogens is 1. The third kappa shape index (κ3) is 3.46. The smallest absolute Gasteiger partial charge is 0.0931 e. The summed E-state index contributed by atoms with van der Waals surface area (Å²) >= 11 is 7.73. The molecule has 1 fully saturated rings. The van der Waals surface area contributed by atoms with Crippen molar-refractivity contribution in [3.8, 4) is 0 Å². The summed E-state index contributed by atoms with van der Waals surface area (Å²) in [5.74, 6) is 1.63. The fourth-order valence-corrected chi connectivity index (χ4v) is 4.05. The van der Waals surface area contributed by atoms with Gasteiger partial charge in [0.25, 0.3) is 0 Å². The summed E-state index contributed by atoms with van der Waals surface area (Å²) in [5.41, 5.74) is 0. The van der Waals surface area contributed by atoms with Crippen molar-refractivity contribution >= 4 is 22.9 Å². The van der Waals surface area contributed by atoms with Gasteiger partial charge in [0, 0.05) is 10.9 Å². The summed E-state index contributed by atoms with van der Waals surface area (Å²) < 4.78 is 0.923. The molecule has 1 aromatic rings. The highest BCUT2D eigenvalue weighted by atomic mass is 35.5. The first-order chi connectivity index (χ1) is 8.20. The van der Waals surface area contributed by atoms with Crippen molar-refractivity contribution in [1.29, 1.82) is 0 Å². The van der Waals surface area contributed by atoms with Crippen molar-refractivity contribution in [2.45, 2.75) is 45.6 Å². The van der Waals surface area contributed by atoms with Crippen molar-refractivity contribution in [2.24, 2.45) is 11.8 Å². The van der Waals surface area contributed by atoms with Crippen LogP contribution >= 0.6 is 22.9 Å². The molecule has 1 saturated carbocycles. The summed E-state index contributed by atoms with van der Waals surface area (Å²) in [6.07, 6.45) is 5.14. The van der Waals surface area contributed by atoms with Gasteiger partial charge >= 0.3 is 0 Å². The highest BCUT2D eigenvalue weighted by Crippen LogP contribution is 2.36. The third-order valence-corrected chi connectivity index (χ3v) is 5.23. The monoisotopic (exact) mass is 271 g/mol. The number of nitrogens with one attached hydrogen (secondary N) is 1. The Hall–Kier alpha value is -0.0500. The van der Waals surface area contributed by atoms with Gasteiger partial charge in [0.2, 0.25) is 0 Å². The lowest BCUT2D eigenvalue weighted by atomic mass is 9.92. The Morgan fingerprint density at radius 3 is 2.88 bits per heavy atom. The summed E-state index contributed by atoms with van der Waals surface area (Å²) in [5, 5.41) is 3.68. The van der Waals surface area contributed by atoms with Crippen LogP contribution in [-0.2, 0) is 6.42 Å². The molecule has 96 valence electrons. The van der Waals surface area contributed by atoms with Gasteiger partial charge in [-0.3, -0.25) is 0 Å². The first kappa shape index (κ1) is 13.4. The largest absolute Gasteiger partial charge is 0.314 e. The zero-order valence-electron chi connectivity index (χ0n) is 10.7. The first-order valence-corrected chi connectivity index (χ1v) is 7.87. The number of hydrogen-bond donors (Lipinski definition) is 1. The maximum Gasteiger partial charge on any atom is 0.0931 e. The van der Waals surface area contributed by atoms with Crippen LogP contribution in [0.25, 0.3) is 0 Å². The van der Waals surface area contributed by atoms with Crippen LogP contribution in [0.4, 0.5) is 0 Å². The second kappa shape index (κ2) is 6.21. The number of rotatable bonds is 5. The highest BCUT2D eigenvalue weighted by molar-refractivity contribution is 7.16. The maximum atomic E-state index is 5.99. The molecule has 1 heterocycles. The van der Waals surface area contributed by atoms with E-state index in [2.05, 4.69) is 25.2 Å². The van der Waals surface area contributed by atoms with E-state index in [0.717, 1.165) is 28.8 Å². The van der Waals surface area contributed by atoms with Gasteiger partial charge in [0.1, 0.15) is 0 Å². The Bertz CT molecular complexity index is 350. The molecular formula is C14H22ClNS. The van der Waals surface area contributed by atoms with Gasteiger partial charge in [-0.05, 0) is 56.2 Å². The summed E-state index contributed by atoms with van der Waals surface area (Å²) in [4.78, 5) is 1.45. The SMILES string of the molecule is CCCNC1CCC(Cc2ccc(Cl)s2)C1C. The number of hydrogen-bond acceptors (Lipinski definition) is 2. The minimum Gasteiger partial charge on any atom is -0.314 e. The molecule has 3 atom stereocenters. The van der Waals surface area contributed by atoms with E-state index in [1.165, 1.54) is 30.6 Å². The van der Waals surface area contributed by atoms with Crippen LogP contribution in [0.2, 0.25) is 4.34 Å². The van der Waals surface area contributed by atoms with Gasteiger partial charge in [0.15, 0.2) is 0 Å². The van der Waals surface area contributed by atoms with Gasteiger partial charge in [-0.1, -0.05) is 25.4 Å². The second-order valence-electron chi connectivity index (χ2n) is 5.17. The van der Waals surface area contributed by atoms with Crippen molar-refractivity contribution in [2.75, 3.05) is 6.54 Å². The molecule has 0 radical (unpaired) electrons. The van der Waals surface area contributed by atoms with Crippen molar-refractivity contribution in [1.82, 2.24) is 5.32 Å². The fraction of sp³-hybridized carbons (Fsp3) is 0.714. The number of thiophene rings is 1. The van der Waals surface area contributed by atoms with Crippen LogP contribution in [-0.4, -0.2) is 12.6 Å². The molecular weight excluding hydrogens is 250 g/mol. The Labute approximate surface area is 114 Å². The predicted molar refractivity (Wildman–Crippen MR) is 77.0 cm³/mol. The second-order valence-corrected chi connectivity index (χ2v) is 6.97. The van der Waals surface area contributed by atoms with Gasteiger partial charge in [-0.15, -0.1) is 11.3 Å². The van der Waals surface area contributed by atoms with Crippen molar-refractivity contribution < 1.29 is 0 Å². The predicted octanol–water partition coefficient (Wildman–Crippen LogP) is 4.36. The Kier molecular flexibility index (Phi) is 4.89. The molecule has 17 heavy (non-hydrogen) atoms. The van der Waals surface area contributed by atoms with E-state index in [1.54, 1.807) is 11.3 Å². The van der Waals surface area contributed by atoms with E-state index in [-0.39, 0.29) is 0 Å². The van der Waals surface area contributed by atoms with E-state index in [0.29, 0.717) is 0 Å². The molecule has 0 aliphatic heterocycles. The van der Waals surface area contributed by atoms with E-state index in [9.17, 15) is 0 Å². The molecule has 1 aliphatic carbocycles.